The van der Waals surface area contributed by atoms with Crippen molar-refractivity contribution in [3.8, 4) is 0 Å². The molecule has 3 aliphatic rings. The minimum absolute atomic E-state index is 0.251. The van der Waals surface area contributed by atoms with E-state index >= 15 is 0 Å². The van der Waals surface area contributed by atoms with Gasteiger partial charge < -0.3 is 14.8 Å². The molecule has 3 fully saturated rings. The van der Waals surface area contributed by atoms with E-state index in [4.69, 9.17) is 9.47 Å². The van der Waals surface area contributed by atoms with Crippen LogP contribution < -0.4 is 5.32 Å². The maximum Gasteiger partial charge on any atom is 0.0817 e. The molecular weight excluding hydrogens is 238 g/mol. The number of hydrogen-bond acceptors (Lipinski definition) is 3. The van der Waals surface area contributed by atoms with E-state index in [0.717, 1.165) is 19.1 Å². The monoisotopic (exact) mass is 267 g/mol. The highest BCUT2D eigenvalue weighted by atomic mass is 16.6. The Labute approximate surface area is 117 Å². The summed E-state index contributed by atoms with van der Waals surface area (Å²) in [6, 6.07) is 0. The van der Waals surface area contributed by atoms with Crippen LogP contribution in [0.5, 0.6) is 0 Å². The van der Waals surface area contributed by atoms with Crippen LogP contribution in [0.1, 0.15) is 57.8 Å². The second-order valence-corrected chi connectivity index (χ2v) is 6.87. The van der Waals surface area contributed by atoms with E-state index in [-0.39, 0.29) is 5.60 Å². The highest BCUT2D eigenvalue weighted by molar-refractivity contribution is 4.91. The molecule has 0 amide bonds. The molecule has 3 rings (SSSR count). The summed E-state index contributed by atoms with van der Waals surface area (Å²) in [6.07, 6.45) is 12.5. The zero-order valence-electron chi connectivity index (χ0n) is 12.3. The van der Waals surface area contributed by atoms with E-state index in [1.807, 2.05) is 7.05 Å². The molecule has 0 aromatic carbocycles. The number of hydrogen-bond donors (Lipinski definition) is 1. The van der Waals surface area contributed by atoms with E-state index in [1.54, 1.807) is 0 Å². The molecule has 3 nitrogen and oxygen atoms in total. The highest BCUT2D eigenvalue weighted by Crippen LogP contribution is 2.42. The Morgan fingerprint density at radius 2 is 1.95 bits per heavy atom. The molecule has 2 aliphatic carbocycles. The number of nitrogens with one attached hydrogen (secondary N) is 1. The van der Waals surface area contributed by atoms with E-state index in [1.165, 1.54) is 57.8 Å². The van der Waals surface area contributed by atoms with Gasteiger partial charge >= 0.3 is 0 Å². The molecule has 19 heavy (non-hydrogen) atoms. The summed E-state index contributed by atoms with van der Waals surface area (Å²) in [5.74, 6) is 0.837. The quantitative estimate of drug-likeness (QED) is 0.831. The predicted octanol–water partition coefficient (Wildman–Crippen LogP) is 2.88. The molecule has 0 aromatic heterocycles. The molecule has 0 bridgehead atoms. The minimum Gasteiger partial charge on any atom is -0.376 e. The van der Waals surface area contributed by atoms with Crippen LogP contribution >= 0.6 is 0 Å². The first-order chi connectivity index (χ1) is 9.30. The third kappa shape index (κ3) is 3.32. The fourth-order valence-electron chi connectivity index (χ4n) is 4.09. The SMILES string of the molecule is CNCC1CC(OCC2CCC3(CCCCC3)O2)C1. The average Bonchev–Trinajstić information content (AvgIpc) is 2.76. The fraction of sp³-hybridized carbons (Fsp3) is 1.00. The van der Waals surface area contributed by atoms with Crippen molar-refractivity contribution < 1.29 is 9.47 Å². The van der Waals surface area contributed by atoms with Crippen molar-refractivity contribution >= 4 is 0 Å². The smallest absolute Gasteiger partial charge is 0.0817 e. The van der Waals surface area contributed by atoms with E-state index in [9.17, 15) is 0 Å². The Morgan fingerprint density at radius 1 is 1.16 bits per heavy atom. The summed E-state index contributed by atoms with van der Waals surface area (Å²) in [7, 11) is 2.03. The second kappa shape index (κ2) is 6.11. The lowest BCUT2D eigenvalue weighted by Crippen LogP contribution is -2.38. The van der Waals surface area contributed by atoms with Crippen molar-refractivity contribution in [1.29, 1.82) is 0 Å². The molecule has 110 valence electrons. The van der Waals surface area contributed by atoms with Crippen LogP contribution in [0, 0.1) is 5.92 Å². The summed E-state index contributed by atoms with van der Waals surface area (Å²) in [6.45, 7) is 1.97. The van der Waals surface area contributed by atoms with Gasteiger partial charge in [-0.3, -0.25) is 0 Å². The first-order valence-electron chi connectivity index (χ1n) is 8.24. The lowest BCUT2D eigenvalue weighted by atomic mass is 9.82. The van der Waals surface area contributed by atoms with E-state index in [0.29, 0.717) is 12.2 Å². The normalized spacial score (nSPS) is 37.4. The van der Waals surface area contributed by atoms with Crippen molar-refractivity contribution in [1.82, 2.24) is 5.32 Å². The largest absolute Gasteiger partial charge is 0.376 e. The van der Waals surface area contributed by atoms with Gasteiger partial charge in [0.25, 0.3) is 0 Å². The molecule has 1 atom stereocenters. The second-order valence-electron chi connectivity index (χ2n) is 6.87. The maximum absolute atomic E-state index is 6.35. The summed E-state index contributed by atoms with van der Waals surface area (Å²) >= 11 is 0. The first-order valence-corrected chi connectivity index (χ1v) is 8.24. The van der Waals surface area contributed by atoms with Gasteiger partial charge in [0.2, 0.25) is 0 Å². The van der Waals surface area contributed by atoms with Crippen molar-refractivity contribution in [2.45, 2.75) is 75.6 Å². The molecule has 0 radical (unpaired) electrons. The maximum atomic E-state index is 6.35. The Bertz CT molecular complexity index is 282. The average molecular weight is 267 g/mol. The van der Waals surface area contributed by atoms with Crippen LogP contribution in [0.3, 0.4) is 0 Å². The van der Waals surface area contributed by atoms with Gasteiger partial charge in [-0.15, -0.1) is 0 Å². The van der Waals surface area contributed by atoms with Gasteiger partial charge in [0, 0.05) is 0 Å². The topological polar surface area (TPSA) is 30.5 Å². The van der Waals surface area contributed by atoms with Crippen LogP contribution in [0.25, 0.3) is 0 Å². The molecule has 1 N–H and O–H groups in total. The summed E-state index contributed by atoms with van der Waals surface area (Å²) in [4.78, 5) is 0. The lowest BCUT2D eigenvalue weighted by Gasteiger charge is -2.36. The molecule has 1 unspecified atom stereocenters. The summed E-state index contributed by atoms with van der Waals surface area (Å²) < 4.78 is 12.4. The molecule has 1 heterocycles. The van der Waals surface area contributed by atoms with Gasteiger partial charge in [0.15, 0.2) is 0 Å². The number of rotatable bonds is 5. The fourth-order valence-corrected chi connectivity index (χ4v) is 4.09. The molecule has 2 saturated carbocycles. The van der Waals surface area contributed by atoms with Crippen molar-refractivity contribution in [2.24, 2.45) is 5.92 Å². The zero-order valence-corrected chi connectivity index (χ0v) is 12.3. The molecule has 1 saturated heterocycles. The number of ether oxygens (including phenoxy) is 2. The van der Waals surface area contributed by atoms with Gasteiger partial charge in [-0.05, 0) is 58.0 Å². The van der Waals surface area contributed by atoms with Gasteiger partial charge in [0.05, 0.1) is 24.4 Å². The Morgan fingerprint density at radius 3 is 2.68 bits per heavy atom. The van der Waals surface area contributed by atoms with Crippen molar-refractivity contribution in [3.05, 3.63) is 0 Å². The van der Waals surface area contributed by atoms with Crippen LogP contribution in [0.4, 0.5) is 0 Å². The van der Waals surface area contributed by atoms with Gasteiger partial charge in [-0.25, -0.2) is 0 Å². The minimum atomic E-state index is 0.251. The first kappa shape index (κ1) is 13.8. The van der Waals surface area contributed by atoms with Gasteiger partial charge in [-0.1, -0.05) is 19.3 Å². The van der Waals surface area contributed by atoms with Crippen LogP contribution in [-0.4, -0.2) is 38.0 Å². The van der Waals surface area contributed by atoms with Gasteiger partial charge in [0.1, 0.15) is 0 Å². The molecule has 1 spiro atoms. The zero-order chi connectivity index (χ0) is 13.1. The molecule has 3 heteroatoms. The Kier molecular flexibility index (Phi) is 4.45. The van der Waals surface area contributed by atoms with Crippen LogP contribution in [0.15, 0.2) is 0 Å². The van der Waals surface area contributed by atoms with E-state index in [2.05, 4.69) is 5.32 Å². The predicted molar refractivity (Wildman–Crippen MR) is 76.3 cm³/mol. The Balaban J connectivity index is 1.34. The standard InChI is InChI=1S/C16H29NO2/c1-17-11-13-9-15(10-13)18-12-14-5-8-16(19-14)6-3-2-4-7-16/h13-15,17H,2-12H2,1H3. The van der Waals surface area contributed by atoms with Crippen LogP contribution in [0.2, 0.25) is 0 Å². The van der Waals surface area contributed by atoms with Crippen molar-refractivity contribution in [3.63, 3.8) is 0 Å². The molecule has 1 aliphatic heterocycles. The molecular formula is C16H29NO2. The summed E-state index contributed by atoms with van der Waals surface area (Å²) in [5, 5.41) is 3.25. The van der Waals surface area contributed by atoms with Crippen LogP contribution in [-0.2, 0) is 9.47 Å². The lowest BCUT2D eigenvalue weighted by molar-refractivity contribution is -0.114. The van der Waals surface area contributed by atoms with Gasteiger partial charge in [-0.2, -0.15) is 0 Å². The van der Waals surface area contributed by atoms with Crippen molar-refractivity contribution in [2.75, 3.05) is 20.2 Å². The highest BCUT2D eigenvalue weighted by Gasteiger charge is 2.41. The third-order valence-electron chi connectivity index (χ3n) is 5.31. The summed E-state index contributed by atoms with van der Waals surface area (Å²) in [5.41, 5.74) is 0.251. The Hall–Kier alpha value is -0.120. The van der Waals surface area contributed by atoms with E-state index < -0.39 is 0 Å². The third-order valence-corrected chi connectivity index (χ3v) is 5.31. The molecule has 0 aromatic rings.